The molecule has 0 saturated carbocycles. The summed E-state index contributed by atoms with van der Waals surface area (Å²) in [6, 6.07) is 5.16. The van der Waals surface area contributed by atoms with Gasteiger partial charge in [-0.3, -0.25) is 4.79 Å². The van der Waals surface area contributed by atoms with Gasteiger partial charge >= 0.3 is 0 Å². The van der Waals surface area contributed by atoms with E-state index >= 15 is 0 Å². The lowest BCUT2D eigenvalue weighted by molar-refractivity contribution is -0.117. The highest BCUT2D eigenvalue weighted by Gasteiger charge is 2.11. The lowest BCUT2D eigenvalue weighted by Crippen LogP contribution is -2.35. The lowest BCUT2D eigenvalue weighted by Gasteiger charge is -2.11. The van der Waals surface area contributed by atoms with Gasteiger partial charge in [0, 0.05) is 10.2 Å². The van der Waals surface area contributed by atoms with Crippen LogP contribution in [0.25, 0.3) is 0 Å². The molecule has 1 aromatic rings. The van der Waals surface area contributed by atoms with Crippen molar-refractivity contribution in [3.8, 4) is 0 Å². The molecule has 86 valence electrons. The monoisotopic (exact) mass is 282 g/mol. The predicted molar refractivity (Wildman–Crippen MR) is 70.3 cm³/mol. The SMILES string of the molecule is C=CCC(N)C(=O)Nc1cc(C)cc(Br)c1. The van der Waals surface area contributed by atoms with Crippen molar-refractivity contribution in [2.24, 2.45) is 5.73 Å². The van der Waals surface area contributed by atoms with E-state index in [0.717, 1.165) is 15.7 Å². The van der Waals surface area contributed by atoms with E-state index in [1.165, 1.54) is 0 Å². The van der Waals surface area contributed by atoms with Crippen LogP contribution in [0.15, 0.2) is 35.3 Å². The van der Waals surface area contributed by atoms with E-state index in [9.17, 15) is 4.79 Å². The average molecular weight is 283 g/mol. The first-order chi connectivity index (χ1) is 7.52. The molecule has 3 N–H and O–H groups in total. The van der Waals surface area contributed by atoms with Crippen LogP contribution in [0, 0.1) is 6.92 Å². The number of carbonyl (C=O) groups is 1. The second-order valence-electron chi connectivity index (χ2n) is 3.64. The fourth-order valence-electron chi connectivity index (χ4n) is 1.33. The molecule has 0 aliphatic heterocycles. The Morgan fingerprint density at radius 1 is 1.62 bits per heavy atom. The number of amides is 1. The van der Waals surface area contributed by atoms with Crippen molar-refractivity contribution in [3.05, 3.63) is 40.9 Å². The highest BCUT2D eigenvalue weighted by molar-refractivity contribution is 9.10. The minimum absolute atomic E-state index is 0.197. The van der Waals surface area contributed by atoms with Crippen molar-refractivity contribution < 1.29 is 4.79 Å². The largest absolute Gasteiger partial charge is 0.325 e. The molecule has 1 aromatic carbocycles. The Hall–Kier alpha value is -1.13. The second kappa shape index (κ2) is 5.82. The van der Waals surface area contributed by atoms with Crippen LogP contribution < -0.4 is 11.1 Å². The van der Waals surface area contributed by atoms with E-state index in [1.807, 2.05) is 25.1 Å². The molecule has 0 spiro atoms. The third kappa shape index (κ3) is 3.79. The molecule has 0 heterocycles. The number of nitrogens with one attached hydrogen (secondary N) is 1. The van der Waals surface area contributed by atoms with Gasteiger partial charge in [0.1, 0.15) is 0 Å². The Balaban J connectivity index is 2.72. The van der Waals surface area contributed by atoms with Crippen molar-refractivity contribution in [1.82, 2.24) is 0 Å². The molecule has 0 aromatic heterocycles. The number of nitrogens with two attached hydrogens (primary N) is 1. The molecule has 3 nitrogen and oxygen atoms in total. The zero-order valence-corrected chi connectivity index (χ0v) is 10.8. The zero-order chi connectivity index (χ0) is 12.1. The van der Waals surface area contributed by atoms with Crippen molar-refractivity contribution in [1.29, 1.82) is 0 Å². The third-order valence-electron chi connectivity index (χ3n) is 2.07. The summed E-state index contributed by atoms with van der Waals surface area (Å²) in [5.41, 5.74) is 7.47. The summed E-state index contributed by atoms with van der Waals surface area (Å²) in [5, 5.41) is 2.77. The molecule has 0 fully saturated rings. The summed E-state index contributed by atoms with van der Waals surface area (Å²) < 4.78 is 0.931. The minimum atomic E-state index is -0.545. The summed E-state index contributed by atoms with van der Waals surface area (Å²) in [5.74, 6) is -0.197. The van der Waals surface area contributed by atoms with Gasteiger partial charge in [-0.25, -0.2) is 0 Å². The van der Waals surface area contributed by atoms with Crippen LogP contribution in [0.1, 0.15) is 12.0 Å². The second-order valence-corrected chi connectivity index (χ2v) is 4.55. The first kappa shape index (κ1) is 12.9. The number of halogens is 1. The van der Waals surface area contributed by atoms with Crippen LogP contribution in [-0.2, 0) is 4.79 Å². The zero-order valence-electron chi connectivity index (χ0n) is 9.16. The van der Waals surface area contributed by atoms with Gasteiger partial charge in [-0.05, 0) is 37.1 Å². The Kier molecular flexibility index (Phi) is 4.71. The first-order valence-corrected chi connectivity index (χ1v) is 5.76. The molecular formula is C12H15BrN2O. The summed E-state index contributed by atoms with van der Waals surface area (Å²) in [6.07, 6.45) is 2.11. The van der Waals surface area contributed by atoms with Crippen molar-refractivity contribution >= 4 is 27.5 Å². The van der Waals surface area contributed by atoms with Crippen LogP contribution in [-0.4, -0.2) is 11.9 Å². The van der Waals surface area contributed by atoms with E-state index in [-0.39, 0.29) is 5.91 Å². The Bertz CT molecular complexity index is 384. The van der Waals surface area contributed by atoms with Crippen LogP contribution >= 0.6 is 15.9 Å². The molecule has 0 aliphatic carbocycles. The summed E-state index contributed by atoms with van der Waals surface area (Å²) in [7, 11) is 0. The van der Waals surface area contributed by atoms with Gasteiger partial charge < -0.3 is 11.1 Å². The summed E-state index contributed by atoms with van der Waals surface area (Å²) in [4.78, 5) is 11.6. The van der Waals surface area contributed by atoms with Crippen molar-refractivity contribution in [2.75, 3.05) is 5.32 Å². The Morgan fingerprint density at radius 2 is 2.31 bits per heavy atom. The fraction of sp³-hybridized carbons (Fsp3) is 0.250. The molecule has 0 aliphatic rings. The standard InChI is InChI=1S/C12H15BrN2O/c1-3-4-11(14)12(16)15-10-6-8(2)5-9(13)7-10/h3,5-7,11H,1,4,14H2,2H3,(H,15,16). The number of rotatable bonds is 4. The third-order valence-corrected chi connectivity index (χ3v) is 2.52. The first-order valence-electron chi connectivity index (χ1n) is 4.97. The van der Waals surface area contributed by atoms with Gasteiger partial charge in [-0.2, -0.15) is 0 Å². The smallest absolute Gasteiger partial charge is 0.241 e. The quantitative estimate of drug-likeness (QED) is 0.834. The molecule has 1 unspecified atom stereocenters. The van der Waals surface area contributed by atoms with Crippen molar-refractivity contribution in [2.45, 2.75) is 19.4 Å². The maximum atomic E-state index is 11.6. The van der Waals surface area contributed by atoms with Crippen LogP contribution in [0.3, 0.4) is 0 Å². The van der Waals surface area contributed by atoms with E-state index in [1.54, 1.807) is 6.08 Å². The highest BCUT2D eigenvalue weighted by atomic mass is 79.9. The van der Waals surface area contributed by atoms with Gasteiger partial charge in [-0.1, -0.05) is 22.0 Å². The number of aryl methyl sites for hydroxylation is 1. The van der Waals surface area contributed by atoms with Crippen LogP contribution in [0.5, 0.6) is 0 Å². The number of benzene rings is 1. The van der Waals surface area contributed by atoms with E-state index in [4.69, 9.17) is 5.73 Å². The molecular weight excluding hydrogens is 268 g/mol. The fourth-order valence-corrected chi connectivity index (χ4v) is 1.94. The Morgan fingerprint density at radius 3 is 2.88 bits per heavy atom. The maximum absolute atomic E-state index is 11.6. The highest BCUT2D eigenvalue weighted by Crippen LogP contribution is 2.19. The average Bonchev–Trinajstić information content (AvgIpc) is 2.16. The molecule has 1 amide bonds. The summed E-state index contributed by atoms with van der Waals surface area (Å²) in [6.45, 7) is 5.51. The molecule has 1 atom stereocenters. The normalized spacial score (nSPS) is 11.9. The molecule has 1 rings (SSSR count). The van der Waals surface area contributed by atoms with Gasteiger partial charge in [0.2, 0.25) is 5.91 Å². The maximum Gasteiger partial charge on any atom is 0.241 e. The van der Waals surface area contributed by atoms with Gasteiger partial charge in [0.25, 0.3) is 0 Å². The van der Waals surface area contributed by atoms with Crippen LogP contribution in [0.2, 0.25) is 0 Å². The molecule has 0 saturated heterocycles. The number of carbonyl (C=O) groups excluding carboxylic acids is 1. The van der Waals surface area contributed by atoms with E-state index in [0.29, 0.717) is 6.42 Å². The minimum Gasteiger partial charge on any atom is -0.325 e. The van der Waals surface area contributed by atoms with Gasteiger partial charge in [0.15, 0.2) is 0 Å². The van der Waals surface area contributed by atoms with Gasteiger partial charge in [-0.15, -0.1) is 6.58 Å². The number of hydrogen-bond donors (Lipinski definition) is 2. The molecule has 16 heavy (non-hydrogen) atoms. The Labute approximate surface area is 104 Å². The molecule has 4 heteroatoms. The van der Waals surface area contributed by atoms with Crippen LogP contribution in [0.4, 0.5) is 5.69 Å². The lowest BCUT2D eigenvalue weighted by atomic mass is 10.2. The van der Waals surface area contributed by atoms with Gasteiger partial charge in [0.05, 0.1) is 6.04 Å². The number of hydrogen-bond acceptors (Lipinski definition) is 2. The molecule has 0 radical (unpaired) electrons. The van der Waals surface area contributed by atoms with E-state index in [2.05, 4.69) is 27.8 Å². The van der Waals surface area contributed by atoms with E-state index < -0.39 is 6.04 Å². The topological polar surface area (TPSA) is 55.1 Å². The molecule has 0 bridgehead atoms. The van der Waals surface area contributed by atoms with Crippen molar-refractivity contribution in [3.63, 3.8) is 0 Å². The predicted octanol–water partition coefficient (Wildman–Crippen LogP) is 2.60. The summed E-state index contributed by atoms with van der Waals surface area (Å²) >= 11 is 3.37. The number of anilines is 1.